The molecule has 0 saturated carbocycles. The standard InChI is InChI=1S/C13H11N2O.F6P/c14-15-12-6-8-13(9-7-12)16-10-11-4-2-1-3-5-11;1-7(2,3,4,5)6/h1-9H,10H2;/q+1;-1. The third kappa shape index (κ3) is 12.0. The van der Waals surface area contributed by atoms with Crippen molar-refractivity contribution in [2.45, 2.75) is 6.61 Å². The Hall–Kier alpha value is -2.33. The molecular weight excluding hydrogens is 345 g/mol. The molecule has 0 radical (unpaired) electrons. The van der Waals surface area contributed by atoms with Crippen LogP contribution in [0.25, 0.3) is 4.98 Å². The Balaban J connectivity index is 0.000000322. The van der Waals surface area contributed by atoms with E-state index in [1.807, 2.05) is 30.3 Å². The molecule has 2 aromatic rings. The van der Waals surface area contributed by atoms with Crippen LogP contribution in [-0.2, 0) is 6.61 Å². The van der Waals surface area contributed by atoms with E-state index in [0.29, 0.717) is 12.3 Å². The van der Waals surface area contributed by atoms with Crippen LogP contribution in [0.4, 0.5) is 30.9 Å². The molecule has 0 aliphatic rings. The number of hydrogen-bond acceptors (Lipinski definition) is 2. The molecule has 10 heteroatoms. The van der Waals surface area contributed by atoms with Crippen molar-refractivity contribution in [3.8, 4) is 5.75 Å². The summed E-state index contributed by atoms with van der Waals surface area (Å²) < 4.78 is 64.8. The Morgan fingerprint density at radius 2 is 1.30 bits per heavy atom. The van der Waals surface area contributed by atoms with Crippen molar-refractivity contribution in [1.82, 2.24) is 0 Å². The minimum atomic E-state index is -10.7. The van der Waals surface area contributed by atoms with Crippen molar-refractivity contribution < 1.29 is 29.9 Å². The van der Waals surface area contributed by atoms with Gasteiger partial charge in [-0.3, -0.25) is 0 Å². The van der Waals surface area contributed by atoms with Crippen LogP contribution in [0.15, 0.2) is 54.6 Å². The quantitative estimate of drug-likeness (QED) is 0.333. The third-order valence-electron chi connectivity index (χ3n) is 2.20. The molecule has 0 bridgehead atoms. The minimum Gasteiger partial charge on any atom is -0.489 e. The first-order chi connectivity index (χ1) is 10.3. The summed E-state index contributed by atoms with van der Waals surface area (Å²) in [5, 5.41) is 8.52. The molecule has 0 aliphatic carbocycles. The van der Waals surface area contributed by atoms with E-state index < -0.39 is 7.81 Å². The second-order valence-corrected chi connectivity index (χ2v) is 6.24. The topological polar surface area (TPSA) is 37.4 Å². The SMILES string of the molecule is F[P-](F)(F)(F)(F)F.N#[N+]c1ccc(OCc2ccccc2)cc1. The van der Waals surface area contributed by atoms with Crippen molar-refractivity contribution in [2.24, 2.45) is 0 Å². The van der Waals surface area contributed by atoms with Gasteiger partial charge in [-0.25, -0.2) is 0 Å². The van der Waals surface area contributed by atoms with Crippen LogP contribution in [0.2, 0.25) is 0 Å². The van der Waals surface area contributed by atoms with E-state index in [1.165, 1.54) is 0 Å². The fourth-order valence-electron chi connectivity index (χ4n) is 1.35. The molecule has 0 N–H and O–H groups in total. The summed E-state index contributed by atoms with van der Waals surface area (Å²) in [7, 11) is -10.7. The van der Waals surface area contributed by atoms with Gasteiger partial charge in [0.25, 0.3) is 0 Å². The van der Waals surface area contributed by atoms with Gasteiger partial charge in [-0.2, -0.15) is 0 Å². The van der Waals surface area contributed by atoms with Gasteiger partial charge in [0.2, 0.25) is 5.39 Å². The number of halogens is 6. The van der Waals surface area contributed by atoms with Crippen LogP contribution in [0.3, 0.4) is 0 Å². The fraction of sp³-hybridized carbons (Fsp3) is 0.0769. The van der Waals surface area contributed by atoms with Gasteiger partial charge in [0.15, 0.2) is 4.98 Å². The summed E-state index contributed by atoms with van der Waals surface area (Å²) in [6.45, 7) is 0.538. The molecule has 2 aromatic carbocycles. The van der Waals surface area contributed by atoms with Gasteiger partial charge in [-0.1, -0.05) is 30.3 Å². The Kier molecular flexibility index (Phi) is 4.92. The molecule has 0 saturated heterocycles. The molecule has 0 amide bonds. The predicted octanol–water partition coefficient (Wildman–Crippen LogP) is 7.13. The molecule has 0 unspecified atom stereocenters. The normalized spacial score (nSPS) is 13.6. The van der Waals surface area contributed by atoms with E-state index in [-0.39, 0.29) is 0 Å². The number of diazo groups is 1. The van der Waals surface area contributed by atoms with Crippen molar-refractivity contribution in [3.05, 3.63) is 65.1 Å². The van der Waals surface area contributed by atoms with Crippen LogP contribution in [0, 0.1) is 5.39 Å². The van der Waals surface area contributed by atoms with Crippen LogP contribution in [0.1, 0.15) is 5.56 Å². The molecule has 126 valence electrons. The van der Waals surface area contributed by atoms with E-state index in [0.717, 1.165) is 11.3 Å². The number of rotatable bonds is 3. The Morgan fingerprint density at radius 1 is 0.826 bits per heavy atom. The molecule has 3 nitrogen and oxygen atoms in total. The first-order valence-electron chi connectivity index (χ1n) is 6.02. The largest absolute Gasteiger partial charge is 0.489 e. The average Bonchev–Trinajstić information content (AvgIpc) is 2.43. The maximum Gasteiger partial charge on any atom is 0.385 e. The van der Waals surface area contributed by atoms with Crippen molar-refractivity contribution >= 4 is 13.5 Å². The zero-order valence-electron chi connectivity index (χ0n) is 11.4. The first kappa shape index (κ1) is 18.7. The summed E-state index contributed by atoms with van der Waals surface area (Å²) in [6.07, 6.45) is 0. The zero-order valence-corrected chi connectivity index (χ0v) is 12.3. The van der Waals surface area contributed by atoms with Crippen molar-refractivity contribution in [1.29, 1.82) is 5.39 Å². The number of nitrogens with zero attached hydrogens (tertiary/aromatic N) is 2. The third-order valence-corrected chi connectivity index (χ3v) is 2.20. The summed E-state index contributed by atoms with van der Waals surface area (Å²) >= 11 is 0. The van der Waals surface area contributed by atoms with Crippen LogP contribution in [-0.4, -0.2) is 0 Å². The number of benzene rings is 2. The van der Waals surface area contributed by atoms with Crippen molar-refractivity contribution in [3.63, 3.8) is 0 Å². The molecule has 0 fully saturated rings. The first-order valence-corrected chi connectivity index (χ1v) is 8.04. The molecule has 0 aliphatic heterocycles. The molecular formula is C13H11F6N2OP. The van der Waals surface area contributed by atoms with E-state index in [2.05, 4.69) is 4.98 Å². The summed E-state index contributed by atoms with van der Waals surface area (Å²) in [6, 6.07) is 16.9. The monoisotopic (exact) mass is 356 g/mol. The summed E-state index contributed by atoms with van der Waals surface area (Å²) in [4.78, 5) is 3.07. The molecule has 0 heterocycles. The molecule has 2 rings (SSSR count). The molecule has 23 heavy (non-hydrogen) atoms. The van der Waals surface area contributed by atoms with Gasteiger partial charge in [0.1, 0.15) is 12.4 Å². The maximum absolute atomic E-state index is 10.7. The number of hydrogen-bond donors (Lipinski definition) is 0. The molecule has 0 atom stereocenters. The van der Waals surface area contributed by atoms with Gasteiger partial charge in [-0.05, 0) is 17.7 Å². The van der Waals surface area contributed by atoms with Crippen molar-refractivity contribution in [2.75, 3.05) is 0 Å². The van der Waals surface area contributed by atoms with Gasteiger partial charge in [-0.15, -0.1) is 0 Å². The van der Waals surface area contributed by atoms with Gasteiger partial charge < -0.3 is 4.74 Å². The Labute approximate surface area is 127 Å². The molecule has 0 aromatic heterocycles. The second-order valence-electron chi connectivity index (χ2n) is 4.33. The second kappa shape index (κ2) is 6.05. The minimum absolute atomic E-state index is 0.520. The fourth-order valence-corrected chi connectivity index (χ4v) is 1.35. The smallest absolute Gasteiger partial charge is 0.385 e. The Morgan fingerprint density at radius 3 is 1.74 bits per heavy atom. The van der Waals surface area contributed by atoms with Gasteiger partial charge in [0, 0.05) is 12.1 Å². The van der Waals surface area contributed by atoms with Crippen LogP contribution < -0.4 is 4.74 Å². The maximum atomic E-state index is 9.87. The average molecular weight is 356 g/mol. The molecule has 0 spiro atoms. The zero-order chi connectivity index (χ0) is 17.6. The van der Waals surface area contributed by atoms with E-state index >= 15 is 0 Å². The Bertz CT molecular complexity index is 669. The van der Waals surface area contributed by atoms with E-state index in [9.17, 15) is 25.2 Å². The van der Waals surface area contributed by atoms with Crippen LogP contribution in [0.5, 0.6) is 5.75 Å². The number of ether oxygens (including phenoxy) is 1. The predicted molar refractivity (Wildman–Crippen MR) is 75.5 cm³/mol. The van der Waals surface area contributed by atoms with Gasteiger partial charge in [0.05, 0.1) is 0 Å². The van der Waals surface area contributed by atoms with Gasteiger partial charge >= 0.3 is 38.7 Å². The van der Waals surface area contributed by atoms with E-state index in [4.69, 9.17) is 10.1 Å². The summed E-state index contributed by atoms with van der Waals surface area (Å²) in [5.74, 6) is 0.760. The van der Waals surface area contributed by atoms with E-state index in [1.54, 1.807) is 24.3 Å². The summed E-state index contributed by atoms with van der Waals surface area (Å²) in [5.41, 5.74) is 1.64. The van der Waals surface area contributed by atoms with Crippen LogP contribution >= 0.6 is 7.81 Å².